The number of nitriles is 1. The van der Waals surface area contributed by atoms with E-state index < -0.39 is 0 Å². The summed E-state index contributed by atoms with van der Waals surface area (Å²) in [5.41, 5.74) is 0. The minimum atomic E-state index is 0.257. The third kappa shape index (κ3) is 5.08. The van der Waals surface area contributed by atoms with Gasteiger partial charge in [0, 0.05) is 6.04 Å². The number of hydrogen-bond donors (Lipinski definition) is 1. The van der Waals surface area contributed by atoms with E-state index in [1.807, 2.05) is 0 Å². The van der Waals surface area contributed by atoms with Crippen molar-refractivity contribution in [2.75, 3.05) is 6.54 Å². The second-order valence-corrected chi connectivity index (χ2v) is 5.45. The zero-order chi connectivity index (χ0) is 12.5. The van der Waals surface area contributed by atoms with Crippen LogP contribution in [0.2, 0.25) is 0 Å². The minimum absolute atomic E-state index is 0.257. The molecule has 1 saturated carbocycles. The maximum atomic E-state index is 9.14. The SMILES string of the molecule is CCCCC(CC)CNC1CCCCC1C#N. The molecule has 0 amide bonds. The van der Waals surface area contributed by atoms with Gasteiger partial charge >= 0.3 is 0 Å². The lowest BCUT2D eigenvalue weighted by Gasteiger charge is -2.29. The quantitative estimate of drug-likeness (QED) is 0.728. The summed E-state index contributed by atoms with van der Waals surface area (Å²) in [6.45, 7) is 5.65. The fourth-order valence-electron chi connectivity index (χ4n) is 2.79. The molecule has 0 bridgehead atoms. The first kappa shape index (κ1) is 14.5. The fourth-order valence-corrected chi connectivity index (χ4v) is 2.79. The van der Waals surface area contributed by atoms with Gasteiger partial charge in [0.15, 0.2) is 0 Å². The Morgan fingerprint density at radius 2 is 2.06 bits per heavy atom. The highest BCUT2D eigenvalue weighted by atomic mass is 14.9. The van der Waals surface area contributed by atoms with Gasteiger partial charge in [0.05, 0.1) is 12.0 Å². The molecule has 0 aromatic carbocycles. The van der Waals surface area contributed by atoms with Gasteiger partial charge in [0.25, 0.3) is 0 Å². The van der Waals surface area contributed by atoms with E-state index >= 15 is 0 Å². The predicted molar refractivity (Wildman–Crippen MR) is 72.7 cm³/mol. The molecule has 3 atom stereocenters. The van der Waals surface area contributed by atoms with Crippen LogP contribution in [0.1, 0.15) is 65.2 Å². The lowest BCUT2D eigenvalue weighted by atomic mass is 9.85. The molecule has 1 N–H and O–H groups in total. The molecule has 0 radical (unpaired) electrons. The lowest BCUT2D eigenvalue weighted by molar-refractivity contribution is 0.288. The first-order valence-corrected chi connectivity index (χ1v) is 7.44. The zero-order valence-electron chi connectivity index (χ0n) is 11.5. The molecule has 98 valence electrons. The minimum Gasteiger partial charge on any atom is -0.312 e. The molecule has 0 saturated heterocycles. The van der Waals surface area contributed by atoms with Crippen molar-refractivity contribution in [3.8, 4) is 6.07 Å². The molecule has 1 rings (SSSR count). The third-order valence-electron chi connectivity index (χ3n) is 4.14. The van der Waals surface area contributed by atoms with Crippen LogP contribution >= 0.6 is 0 Å². The van der Waals surface area contributed by atoms with Crippen molar-refractivity contribution < 1.29 is 0 Å². The maximum absolute atomic E-state index is 9.14. The first-order chi connectivity index (χ1) is 8.31. The molecule has 0 aromatic rings. The highest BCUT2D eigenvalue weighted by molar-refractivity contribution is 4.94. The summed E-state index contributed by atoms with van der Waals surface area (Å²) in [5, 5.41) is 12.8. The molecule has 1 aliphatic rings. The van der Waals surface area contributed by atoms with Crippen molar-refractivity contribution in [2.24, 2.45) is 11.8 Å². The van der Waals surface area contributed by atoms with Crippen molar-refractivity contribution in [2.45, 2.75) is 71.3 Å². The number of hydrogen-bond acceptors (Lipinski definition) is 2. The van der Waals surface area contributed by atoms with Crippen molar-refractivity contribution in [1.29, 1.82) is 5.26 Å². The maximum Gasteiger partial charge on any atom is 0.0672 e. The van der Waals surface area contributed by atoms with Crippen LogP contribution in [0.25, 0.3) is 0 Å². The van der Waals surface area contributed by atoms with Gasteiger partial charge in [0.1, 0.15) is 0 Å². The Balaban J connectivity index is 2.29. The van der Waals surface area contributed by atoms with Crippen molar-refractivity contribution >= 4 is 0 Å². The second-order valence-electron chi connectivity index (χ2n) is 5.45. The molecule has 0 heterocycles. The van der Waals surface area contributed by atoms with Gasteiger partial charge in [0.2, 0.25) is 0 Å². The molecule has 3 unspecified atom stereocenters. The van der Waals surface area contributed by atoms with Gasteiger partial charge in [-0.1, -0.05) is 46.0 Å². The number of nitrogens with one attached hydrogen (secondary N) is 1. The van der Waals surface area contributed by atoms with E-state index in [1.165, 1.54) is 44.9 Å². The average molecular weight is 236 g/mol. The van der Waals surface area contributed by atoms with Gasteiger partial charge in [-0.15, -0.1) is 0 Å². The summed E-state index contributed by atoms with van der Waals surface area (Å²) >= 11 is 0. The summed E-state index contributed by atoms with van der Waals surface area (Å²) in [6.07, 6.45) is 10.1. The topological polar surface area (TPSA) is 35.8 Å². The van der Waals surface area contributed by atoms with Gasteiger partial charge in [-0.2, -0.15) is 5.26 Å². The van der Waals surface area contributed by atoms with E-state index in [0.29, 0.717) is 6.04 Å². The smallest absolute Gasteiger partial charge is 0.0672 e. The lowest BCUT2D eigenvalue weighted by Crippen LogP contribution is -2.40. The fraction of sp³-hybridized carbons (Fsp3) is 0.933. The number of rotatable bonds is 7. The highest BCUT2D eigenvalue weighted by Gasteiger charge is 2.24. The van der Waals surface area contributed by atoms with Crippen LogP contribution in [0, 0.1) is 23.2 Å². The van der Waals surface area contributed by atoms with E-state index in [4.69, 9.17) is 5.26 Å². The Labute approximate surface area is 107 Å². The van der Waals surface area contributed by atoms with E-state index in [1.54, 1.807) is 0 Å². The van der Waals surface area contributed by atoms with Crippen LogP contribution in [0.3, 0.4) is 0 Å². The predicted octanol–water partition coefficient (Wildman–Crippen LogP) is 3.87. The van der Waals surface area contributed by atoms with Crippen molar-refractivity contribution in [1.82, 2.24) is 5.32 Å². The molecule has 0 spiro atoms. The Morgan fingerprint density at radius 1 is 1.29 bits per heavy atom. The summed E-state index contributed by atoms with van der Waals surface area (Å²) in [6, 6.07) is 2.94. The molecular formula is C15H28N2. The highest BCUT2D eigenvalue weighted by Crippen LogP contribution is 2.24. The zero-order valence-corrected chi connectivity index (χ0v) is 11.5. The van der Waals surface area contributed by atoms with Gasteiger partial charge in [-0.05, 0) is 31.7 Å². The largest absolute Gasteiger partial charge is 0.312 e. The van der Waals surface area contributed by atoms with Crippen LogP contribution < -0.4 is 5.32 Å². The van der Waals surface area contributed by atoms with E-state index in [-0.39, 0.29) is 5.92 Å². The Bertz CT molecular complexity index is 232. The Hall–Kier alpha value is -0.550. The van der Waals surface area contributed by atoms with Gasteiger partial charge in [-0.25, -0.2) is 0 Å². The molecule has 0 aromatic heterocycles. The average Bonchev–Trinajstić information content (AvgIpc) is 2.39. The summed E-state index contributed by atoms with van der Waals surface area (Å²) in [5.74, 6) is 1.06. The standard InChI is InChI=1S/C15H28N2/c1-3-5-8-13(4-2)12-17-15-10-7-6-9-14(15)11-16/h13-15,17H,3-10,12H2,1-2H3. The Morgan fingerprint density at radius 3 is 2.71 bits per heavy atom. The van der Waals surface area contributed by atoms with E-state index in [0.717, 1.165) is 18.9 Å². The normalized spacial score (nSPS) is 26.4. The molecule has 17 heavy (non-hydrogen) atoms. The molecule has 2 heteroatoms. The number of unbranched alkanes of at least 4 members (excludes halogenated alkanes) is 1. The van der Waals surface area contributed by atoms with Crippen LogP contribution in [0.5, 0.6) is 0 Å². The Kier molecular flexibility index (Phi) is 7.28. The van der Waals surface area contributed by atoms with Gasteiger partial charge < -0.3 is 5.32 Å². The van der Waals surface area contributed by atoms with Crippen LogP contribution in [-0.4, -0.2) is 12.6 Å². The summed E-state index contributed by atoms with van der Waals surface area (Å²) in [7, 11) is 0. The van der Waals surface area contributed by atoms with E-state index in [9.17, 15) is 0 Å². The summed E-state index contributed by atoms with van der Waals surface area (Å²) in [4.78, 5) is 0. The van der Waals surface area contributed by atoms with Gasteiger partial charge in [-0.3, -0.25) is 0 Å². The molecule has 1 aliphatic carbocycles. The van der Waals surface area contributed by atoms with Crippen LogP contribution in [-0.2, 0) is 0 Å². The van der Waals surface area contributed by atoms with Crippen molar-refractivity contribution in [3.63, 3.8) is 0 Å². The number of nitrogens with zero attached hydrogens (tertiary/aromatic N) is 1. The monoisotopic (exact) mass is 236 g/mol. The van der Waals surface area contributed by atoms with E-state index in [2.05, 4.69) is 25.2 Å². The third-order valence-corrected chi connectivity index (χ3v) is 4.14. The molecular weight excluding hydrogens is 208 g/mol. The molecule has 0 aliphatic heterocycles. The second kappa shape index (κ2) is 8.53. The first-order valence-electron chi connectivity index (χ1n) is 7.44. The molecule has 1 fully saturated rings. The van der Waals surface area contributed by atoms with Crippen LogP contribution in [0.15, 0.2) is 0 Å². The van der Waals surface area contributed by atoms with Crippen molar-refractivity contribution in [3.05, 3.63) is 0 Å². The molecule has 2 nitrogen and oxygen atoms in total. The summed E-state index contributed by atoms with van der Waals surface area (Å²) < 4.78 is 0. The van der Waals surface area contributed by atoms with Crippen LogP contribution in [0.4, 0.5) is 0 Å².